The summed E-state index contributed by atoms with van der Waals surface area (Å²) in [6, 6.07) is 0. The van der Waals surface area contributed by atoms with E-state index in [4.69, 9.17) is 0 Å². The van der Waals surface area contributed by atoms with Crippen molar-refractivity contribution in [3.8, 4) is 0 Å². The summed E-state index contributed by atoms with van der Waals surface area (Å²) in [4.78, 5) is 10.7. The molecule has 0 radical (unpaired) electrons. The molecule has 0 amide bonds. The number of allylic oxidation sites excluding steroid dienone is 5. The topological polar surface area (TPSA) is 26.3 Å². The first-order valence-electron chi connectivity index (χ1n) is 4.92. The molecule has 0 saturated carbocycles. The van der Waals surface area contributed by atoms with Crippen molar-refractivity contribution in [1.29, 1.82) is 0 Å². The molecule has 1 rings (SSSR count). The van der Waals surface area contributed by atoms with Gasteiger partial charge in [-0.05, 0) is 25.7 Å². The van der Waals surface area contributed by atoms with Crippen molar-refractivity contribution >= 4 is 5.97 Å². The maximum Gasteiger partial charge on any atom is 0.330 e. The van der Waals surface area contributed by atoms with Crippen LogP contribution >= 0.6 is 0 Å². The largest absolute Gasteiger partial charge is 0.466 e. The second kappa shape index (κ2) is 6.19. The van der Waals surface area contributed by atoms with Crippen molar-refractivity contribution in [2.45, 2.75) is 25.7 Å². The standard InChI is InChI=1S/C12H16O2/c1-14-12(13)10-6-5-9-11-7-3-2-4-8-11/h2-3,6-7,10H,4-5,8-9H2,1H3/b10-6+. The molecule has 2 heteroatoms. The van der Waals surface area contributed by atoms with Crippen molar-refractivity contribution in [1.82, 2.24) is 0 Å². The molecular formula is C12H16O2. The summed E-state index contributed by atoms with van der Waals surface area (Å²) in [5.74, 6) is -0.275. The first-order chi connectivity index (χ1) is 6.83. The van der Waals surface area contributed by atoms with Crippen LogP contribution in [0.3, 0.4) is 0 Å². The first-order valence-corrected chi connectivity index (χ1v) is 4.92. The molecule has 0 spiro atoms. The number of methoxy groups -OCH3 is 1. The molecule has 0 heterocycles. The number of rotatable bonds is 4. The fraction of sp³-hybridized carbons (Fsp3) is 0.417. The van der Waals surface area contributed by atoms with E-state index in [1.54, 1.807) is 0 Å². The quantitative estimate of drug-likeness (QED) is 0.505. The molecule has 0 unspecified atom stereocenters. The number of hydrogen-bond acceptors (Lipinski definition) is 2. The summed E-state index contributed by atoms with van der Waals surface area (Å²) in [6.07, 6.45) is 14.0. The van der Waals surface area contributed by atoms with E-state index in [1.165, 1.54) is 18.8 Å². The van der Waals surface area contributed by atoms with E-state index in [-0.39, 0.29) is 5.97 Å². The van der Waals surface area contributed by atoms with Crippen LogP contribution in [-0.4, -0.2) is 13.1 Å². The molecule has 1 aliphatic carbocycles. The smallest absolute Gasteiger partial charge is 0.330 e. The Morgan fingerprint density at radius 2 is 2.50 bits per heavy atom. The van der Waals surface area contributed by atoms with E-state index >= 15 is 0 Å². The average molecular weight is 192 g/mol. The van der Waals surface area contributed by atoms with Gasteiger partial charge in [0.05, 0.1) is 7.11 Å². The minimum absolute atomic E-state index is 0.275. The Morgan fingerprint density at radius 1 is 1.64 bits per heavy atom. The summed E-state index contributed by atoms with van der Waals surface area (Å²) in [7, 11) is 1.39. The third-order valence-corrected chi connectivity index (χ3v) is 2.19. The van der Waals surface area contributed by atoms with Gasteiger partial charge in [0.25, 0.3) is 0 Å². The van der Waals surface area contributed by atoms with E-state index in [0.717, 1.165) is 25.7 Å². The molecule has 0 atom stereocenters. The van der Waals surface area contributed by atoms with Crippen molar-refractivity contribution in [2.24, 2.45) is 0 Å². The summed E-state index contributed by atoms with van der Waals surface area (Å²) in [5.41, 5.74) is 1.46. The zero-order valence-corrected chi connectivity index (χ0v) is 8.53. The molecule has 76 valence electrons. The zero-order valence-electron chi connectivity index (χ0n) is 8.53. The second-order valence-corrected chi connectivity index (χ2v) is 3.26. The fourth-order valence-electron chi connectivity index (χ4n) is 1.38. The van der Waals surface area contributed by atoms with Gasteiger partial charge in [-0.3, -0.25) is 0 Å². The van der Waals surface area contributed by atoms with Crippen LogP contribution in [0.1, 0.15) is 25.7 Å². The lowest BCUT2D eigenvalue weighted by Crippen LogP contribution is -1.93. The number of carbonyl (C=O) groups excluding carboxylic acids is 1. The Hall–Kier alpha value is -1.31. The number of ether oxygens (including phenoxy) is 1. The van der Waals surface area contributed by atoms with Gasteiger partial charge in [-0.15, -0.1) is 0 Å². The molecule has 2 nitrogen and oxygen atoms in total. The molecule has 0 aromatic carbocycles. The Morgan fingerprint density at radius 3 is 3.14 bits per heavy atom. The highest BCUT2D eigenvalue weighted by atomic mass is 16.5. The Kier molecular flexibility index (Phi) is 4.76. The van der Waals surface area contributed by atoms with Crippen LogP contribution in [0.4, 0.5) is 0 Å². The lowest BCUT2D eigenvalue weighted by atomic mass is 10.0. The number of carbonyl (C=O) groups is 1. The van der Waals surface area contributed by atoms with Crippen LogP contribution in [0.25, 0.3) is 0 Å². The van der Waals surface area contributed by atoms with Crippen LogP contribution in [0.2, 0.25) is 0 Å². The fourth-order valence-corrected chi connectivity index (χ4v) is 1.38. The predicted octanol–water partition coefficient (Wildman–Crippen LogP) is 2.77. The molecule has 14 heavy (non-hydrogen) atoms. The highest BCUT2D eigenvalue weighted by Gasteiger charge is 1.98. The predicted molar refractivity (Wildman–Crippen MR) is 56.8 cm³/mol. The maximum atomic E-state index is 10.7. The minimum Gasteiger partial charge on any atom is -0.466 e. The van der Waals surface area contributed by atoms with Crippen LogP contribution in [0.5, 0.6) is 0 Å². The Balaban J connectivity index is 2.20. The summed E-state index contributed by atoms with van der Waals surface area (Å²) in [5, 5.41) is 0. The molecule has 0 fully saturated rings. The molecule has 0 bridgehead atoms. The van der Waals surface area contributed by atoms with E-state index in [9.17, 15) is 4.79 Å². The van der Waals surface area contributed by atoms with Crippen LogP contribution in [-0.2, 0) is 9.53 Å². The van der Waals surface area contributed by atoms with Crippen molar-refractivity contribution in [3.63, 3.8) is 0 Å². The zero-order chi connectivity index (χ0) is 10.2. The molecule has 1 aliphatic rings. The third-order valence-electron chi connectivity index (χ3n) is 2.19. The normalized spacial score (nSPS) is 15.6. The van der Waals surface area contributed by atoms with Gasteiger partial charge in [0, 0.05) is 6.08 Å². The van der Waals surface area contributed by atoms with E-state index in [2.05, 4.69) is 23.0 Å². The number of hydrogen-bond donors (Lipinski definition) is 0. The summed E-state index contributed by atoms with van der Waals surface area (Å²) in [6.45, 7) is 0. The molecule has 0 saturated heterocycles. The van der Waals surface area contributed by atoms with Crippen molar-refractivity contribution in [2.75, 3.05) is 7.11 Å². The lowest BCUT2D eigenvalue weighted by molar-refractivity contribution is -0.134. The molecule has 0 aromatic rings. The molecule has 0 aromatic heterocycles. The maximum absolute atomic E-state index is 10.7. The SMILES string of the molecule is COC(=O)/C=C/CCC1=CC=CCC1. The monoisotopic (exact) mass is 192 g/mol. The summed E-state index contributed by atoms with van der Waals surface area (Å²) >= 11 is 0. The Labute approximate surface area is 85.0 Å². The van der Waals surface area contributed by atoms with Crippen molar-refractivity contribution < 1.29 is 9.53 Å². The average Bonchev–Trinajstić information content (AvgIpc) is 2.25. The van der Waals surface area contributed by atoms with Crippen molar-refractivity contribution in [3.05, 3.63) is 36.0 Å². The van der Waals surface area contributed by atoms with Crippen LogP contribution in [0, 0.1) is 0 Å². The van der Waals surface area contributed by atoms with Gasteiger partial charge < -0.3 is 4.74 Å². The Bertz CT molecular complexity index is 272. The number of esters is 1. The van der Waals surface area contributed by atoms with Gasteiger partial charge in [0.2, 0.25) is 0 Å². The molecule has 0 aliphatic heterocycles. The van der Waals surface area contributed by atoms with Gasteiger partial charge in [-0.25, -0.2) is 4.79 Å². The van der Waals surface area contributed by atoms with Gasteiger partial charge >= 0.3 is 5.97 Å². The lowest BCUT2D eigenvalue weighted by Gasteiger charge is -2.06. The van der Waals surface area contributed by atoms with E-state index in [1.807, 2.05) is 6.08 Å². The highest BCUT2D eigenvalue weighted by molar-refractivity contribution is 5.81. The molecular weight excluding hydrogens is 176 g/mol. The minimum atomic E-state index is -0.275. The van der Waals surface area contributed by atoms with Gasteiger partial charge in [0.1, 0.15) is 0 Å². The van der Waals surface area contributed by atoms with Crippen LogP contribution < -0.4 is 0 Å². The van der Waals surface area contributed by atoms with Crippen LogP contribution in [0.15, 0.2) is 36.0 Å². The second-order valence-electron chi connectivity index (χ2n) is 3.26. The van der Waals surface area contributed by atoms with Gasteiger partial charge in [0.15, 0.2) is 0 Å². The van der Waals surface area contributed by atoms with E-state index in [0.29, 0.717) is 0 Å². The van der Waals surface area contributed by atoms with Gasteiger partial charge in [-0.2, -0.15) is 0 Å². The van der Waals surface area contributed by atoms with Gasteiger partial charge in [-0.1, -0.05) is 29.9 Å². The summed E-state index contributed by atoms with van der Waals surface area (Å²) < 4.78 is 4.49. The highest BCUT2D eigenvalue weighted by Crippen LogP contribution is 2.16. The van der Waals surface area contributed by atoms with E-state index < -0.39 is 0 Å². The molecule has 0 N–H and O–H groups in total. The first kappa shape index (κ1) is 10.8. The third kappa shape index (κ3) is 4.08.